The highest BCUT2D eigenvalue weighted by Crippen LogP contribution is 2.29. The second-order valence-corrected chi connectivity index (χ2v) is 6.35. The Kier molecular flexibility index (Phi) is 5.88. The lowest BCUT2D eigenvalue weighted by Gasteiger charge is -2.29. The Morgan fingerprint density at radius 3 is 2.48 bits per heavy atom. The van der Waals surface area contributed by atoms with E-state index in [2.05, 4.69) is 5.32 Å². The second kappa shape index (κ2) is 7.68. The third-order valence-corrected chi connectivity index (χ3v) is 4.73. The number of ether oxygens (including phenoxy) is 1. The molecule has 23 heavy (non-hydrogen) atoms. The number of halogens is 1. The van der Waals surface area contributed by atoms with Crippen molar-refractivity contribution in [3.63, 3.8) is 0 Å². The molecule has 0 radical (unpaired) electrons. The zero-order valence-electron chi connectivity index (χ0n) is 13.2. The summed E-state index contributed by atoms with van der Waals surface area (Å²) < 4.78 is 5.23. The van der Waals surface area contributed by atoms with Gasteiger partial charge in [0.1, 0.15) is 11.3 Å². The molecule has 1 fully saturated rings. The maximum Gasteiger partial charge on any atom is 0.329 e. The monoisotopic (exact) mass is 339 g/mol. The number of carboxylic acid groups (broad SMARTS) is 1. The number of aliphatic carboxylic acids is 1. The highest BCUT2D eigenvalue weighted by Gasteiger charge is 2.40. The van der Waals surface area contributed by atoms with E-state index in [1.807, 2.05) is 0 Å². The first-order valence-electron chi connectivity index (χ1n) is 7.84. The van der Waals surface area contributed by atoms with Crippen molar-refractivity contribution in [2.24, 2.45) is 0 Å². The van der Waals surface area contributed by atoms with Crippen LogP contribution < -0.4 is 10.1 Å². The van der Waals surface area contributed by atoms with Crippen LogP contribution in [0.3, 0.4) is 0 Å². The largest absolute Gasteiger partial charge is 0.496 e. The van der Waals surface area contributed by atoms with Gasteiger partial charge in [0.05, 0.1) is 13.5 Å². The van der Waals surface area contributed by atoms with Crippen LogP contribution in [0, 0.1) is 0 Å². The van der Waals surface area contributed by atoms with Crippen LogP contribution in [-0.2, 0) is 16.0 Å². The number of nitrogens with one attached hydrogen (secondary N) is 1. The number of hydrogen-bond donors (Lipinski definition) is 2. The summed E-state index contributed by atoms with van der Waals surface area (Å²) in [6.07, 6.45) is 4.55. The number of benzene rings is 1. The average molecular weight is 340 g/mol. The highest BCUT2D eigenvalue weighted by molar-refractivity contribution is 6.31. The molecule has 2 rings (SSSR count). The molecular formula is C17H22ClNO4. The number of carboxylic acids is 1. The van der Waals surface area contributed by atoms with Gasteiger partial charge < -0.3 is 15.2 Å². The van der Waals surface area contributed by atoms with E-state index in [1.165, 1.54) is 7.11 Å². The van der Waals surface area contributed by atoms with E-state index in [4.69, 9.17) is 16.3 Å². The molecule has 2 N–H and O–H groups in total. The van der Waals surface area contributed by atoms with E-state index in [9.17, 15) is 14.7 Å². The van der Waals surface area contributed by atoms with Crippen molar-refractivity contribution in [2.75, 3.05) is 7.11 Å². The van der Waals surface area contributed by atoms with Gasteiger partial charge in [-0.05, 0) is 25.0 Å². The minimum atomic E-state index is -1.16. The zero-order valence-corrected chi connectivity index (χ0v) is 14.0. The lowest BCUT2D eigenvalue weighted by Crippen LogP contribution is -2.54. The predicted molar refractivity (Wildman–Crippen MR) is 87.9 cm³/mol. The topological polar surface area (TPSA) is 75.6 Å². The number of rotatable bonds is 5. The van der Waals surface area contributed by atoms with Crippen LogP contribution in [0.4, 0.5) is 0 Å². The molecule has 1 aromatic rings. The summed E-state index contributed by atoms with van der Waals surface area (Å²) in [6.45, 7) is 0. The predicted octanol–water partition coefficient (Wildman–Crippen LogP) is 3.18. The molecule has 0 spiro atoms. The molecule has 0 atom stereocenters. The van der Waals surface area contributed by atoms with Crippen molar-refractivity contribution in [1.82, 2.24) is 5.32 Å². The Labute approximate surface area is 141 Å². The van der Waals surface area contributed by atoms with Gasteiger partial charge >= 0.3 is 5.97 Å². The van der Waals surface area contributed by atoms with Crippen LogP contribution in [0.15, 0.2) is 18.2 Å². The summed E-state index contributed by atoms with van der Waals surface area (Å²) in [6, 6.07) is 5.16. The van der Waals surface area contributed by atoms with E-state index in [1.54, 1.807) is 18.2 Å². The highest BCUT2D eigenvalue weighted by atomic mass is 35.5. The molecule has 0 heterocycles. The van der Waals surface area contributed by atoms with Crippen molar-refractivity contribution in [1.29, 1.82) is 0 Å². The third-order valence-electron chi connectivity index (χ3n) is 4.38. The Morgan fingerprint density at radius 2 is 1.91 bits per heavy atom. The molecule has 0 aliphatic heterocycles. The summed E-state index contributed by atoms with van der Waals surface area (Å²) >= 11 is 6.14. The molecule has 1 amide bonds. The van der Waals surface area contributed by atoms with Crippen molar-refractivity contribution in [3.8, 4) is 5.75 Å². The first-order valence-corrected chi connectivity index (χ1v) is 8.22. The van der Waals surface area contributed by atoms with Crippen LogP contribution in [0.25, 0.3) is 0 Å². The Morgan fingerprint density at radius 1 is 1.26 bits per heavy atom. The average Bonchev–Trinajstić information content (AvgIpc) is 2.76. The third kappa shape index (κ3) is 4.16. The SMILES string of the molecule is COc1cccc(Cl)c1CC(=O)NC1(C(=O)O)CCCCCC1. The van der Waals surface area contributed by atoms with Gasteiger partial charge in [-0.2, -0.15) is 0 Å². The van der Waals surface area contributed by atoms with Gasteiger partial charge in [-0.1, -0.05) is 43.4 Å². The Hall–Kier alpha value is -1.75. The van der Waals surface area contributed by atoms with E-state index in [-0.39, 0.29) is 12.3 Å². The number of hydrogen-bond acceptors (Lipinski definition) is 3. The van der Waals surface area contributed by atoms with Crippen LogP contribution >= 0.6 is 11.6 Å². The summed E-state index contributed by atoms with van der Waals surface area (Å²) in [5, 5.41) is 12.8. The summed E-state index contributed by atoms with van der Waals surface area (Å²) in [7, 11) is 1.51. The van der Waals surface area contributed by atoms with Crippen molar-refractivity contribution < 1.29 is 19.4 Å². The second-order valence-electron chi connectivity index (χ2n) is 5.95. The van der Waals surface area contributed by atoms with E-state index in [0.717, 1.165) is 25.7 Å². The molecule has 1 aliphatic carbocycles. The smallest absolute Gasteiger partial charge is 0.329 e. The molecule has 6 heteroatoms. The van der Waals surface area contributed by atoms with Gasteiger partial charge in [0.25, 0.3) is 0 Å². The standard InChI is InChI=1S/C17H22ClNO4/c1-23-14-8-6-7-13(18)12(14)11-15(20)19-17(16(21)22)9-4-2-3-5-10-17/h6-8H,2-5,9-11H2,1H3,(H,19,20)(H,21,22). The molecule has 0 unspecified atom stereocenters. The normalized spacial score (nSPS) is 17.1. The molecule has 0 bridgehead atoms. The van der Waals surface area contributed by atoms with Gasteiger partial charge in [0.15, 0.2) is 0 Å². The Balaban J connectivity index is 2.15. The van der Waals surface area contributed by atoms with Crippen LogP contribution in [0.1, 0.15) is 44.1 Å². The number of amides is 1. The molecule has 126 valence electrons. The molecule has 0 saturated heterocycles. The fourth-order valence-corrected chi connectivity index (χ4v) is 3.33. The number of carbonyl (C=O) groups is 2. The van der Waals surface area contributed by atoms with Crippen molar-refractivity contribution in [3.05, 3.63) is 28.8 Å². The fourth-order valence-electron chi connectivity index (χ4n) is 3.10. The summed E-state index contributed by atoms with van der Waals surface area (Å²) in [5.41, 5.74) is -0.592. The van der Waals surface area contributed by atoms with Crippen LogP contribution in [-0.4, -0.2) is 29.6 Å². The van der Waals surface area contributed by atoms with Crippen LogP contribution in [0.2, 0.25) is 5.02 Å². The fraction of sp³-hybridized carbons (Fsp3) is 0.529. The lowest BCUT2D eigenvalue weighted by atomic mass is 9.90. The molecule has 1 aromatic carbocycles. The first kappa shape index (κ1) is 17.6. The van der Waals surface area contributed by atoms with Crippen molar-refractivity contribution in [2.45, 2.75) is 50.5 Å². The minimum Gasteiger partial charge on any atom is -0.496 e. The maximum absolute atomic E-state index is 12.4. The van der Waals surface area contributed by atoms with E-state index < -0.39 is 11.5 Å². The quantitative estimate of drug-likeness (QED) is 0.808. The maximum atomic E-state index is 12.4. The molecule has 5 nitrogen and oxygen atoms in total. The molecule has 0 aromatic heterocycles. The van der Waals surface area contributed by atoms with Gasteiger partial charge in [-0.25, -0.2) is 4.79 Å². The Bertz CT molecular complexity index is 580. The molecule has 1 aliphatic rings. The van der Waals surface area contributed by atoms with Crippen molar-refractivity contribution >= 4 is 23.5 Å². The zero-order chi connectivity index (χ0) is 16.9. The lowest BCUT2D eigenvalue weighted by molar-refractivity contribution is -0.148. The van der Waals surface area contributed by atoms with Gasteiger partial charge in [0.2, 0.25) is 5.91 Å². The van der Waals surface area contributed by atoms with E-state index in [0.29, 0.717) is 29.2 Å². The van der Waals surface area contributed by atoms with Gasteiger partial charge in [-0.3, -0.25) is 4.79 Å². The van der Waals surface area contributed by atoms with Crippen LogP contribution in [0.5, 0.6) is 5.75 Å². The van der Waals surface area contributed by atoms with Gasteiger partial charge in [-0.15, -0.1) is 0 Å². The number of carbonyl (C=O) groups excluding carboxylic acids is 1. The first-order chi connectivity index (χ1) is 11.0. The molecular weight excluding hydrogens is 318 g/mol. The number of methoxy groups -OCH3 is 1. The summed E-state index contributed by atoms with van der Waals surface area (Å²) in [5.74, 6) is -0.780. The van der Waals surface area contributed by atoms with E-state index >= 15 is 0 Å². The summed E-state index contributed by atoms with van der Waals surface area (Å²) in [4.78, 5) is 24.2. The molecule has 1 saturated carbocycles. The van der Waals surface area contributed by atoms with Gasteiger partial charge in [0, 0.05) is 10.6 Å². The minimum absolute atomic E-state index is 0.00211.